The number of carbonyl (C=O) groups is 2. The van der Waals surface area contributed by atoms with Crippen LogP contribution in [0.3, 0.4) is 0 Å². The molecular formula is C10H17IN2O3. The summed E-state index contributed by atoms with van der Waals surface area (Å²) in [5, 5.41) is 5.33. The number of ether oxygens (including phenoxy) is 1. The summed E-state index contributed by atoms with van der Waals surface area (Å²) in [7, 11) is 0. The third-order valence-electron chi connectivity index (χ3n) is 2.10. The van der Waals surface area contributed by atoms with Crippen molar-refractivity contribution in [2.24, 2.45) is 0 Å². The fraction of sp³-hybridized carbons (Fsp3) is 0.800. The van der Waals surface area contributed by atoms with Gasteiger partial charge in [-0.2, -0.15) is 0 Å². The van der Waals surface area contributed by atoms with E-state index < -0.39 is 17.7 Å². The molecule has 2 N–H and O–H groups in total. The van der Waals surface area contributed by atoms with Crippen LogP contribution < -0.4 is 10.6 Å². The Morgan fingerprint density at radius 1 is 1.56 bits per heavy atom. The van der Waals surface area contributed by atoms with E-state index in [9.17, 15) is 9.59 Å². The zero-order valence-electron chi connectivity index (χ0n) is 9.67. The summed E-state index contributed by atoms with van der Waals surface area (Å²) in [6.07, 6.45) is 0.318. The molecule has 0 aromatic heterocycles. The molecule has 1 fully saturated rings. The van der Waals surface area contributed by atoms with Crippen LogP contribution in [0.4, 0.5) is 4.79 Å². The van der Waals surface area contributed by atoms with Crippen LogP contribution in [0.1, 0.15) is 27.2 Å². The van der Waals surface area contributed by atoms with Crippen LogP contribution in [0.2, 0.25) is 0 Å². The number of alkyl halides is 1. The second-order valence-corrected chi connectivity index (χ2v) is 5.80. The summed E-state index contributed by atoms with van der Waals surface area (Å²) in [6, 6.07) is -0.401. The number of nitrogens with one attached hydrogen (secondary N) is 2. The largest absolute Gasteiger partial charge is 0.444 e. The Balaban J connectivity index is 2.41. The van der Waals surface area contributed by atoms with Gasteiger partial charge >= 0.3 is 6.09 Å². The number of amides is 2. The first-order valence-corrected chi connectivity index (χ1v) is 6.72. The van der Waals surface area contributed by atoms with E-state index in [1.807, 2.05) is 0 Å². The molecule has 0 aliphatic carbocycles. The first-order chi connectivity index (χ1) is 7.33. The molecule has 0 radical (unpaired) electrons. The molecule has 1 aliphatic rings. The maximum atomic E-state index is 11.4. The van der Waals surface area contributed by atoms with Crippen LogP contribution in [-0.2, 0) is 9.53 Å². The second kappa shape index (κ2) is 5.20. The Labute approximate surface area is 109 Å². The Hall–Kier alpha value is -0.530. The van der Waals surface area contributed by atoms with Gasteiger partial charge in [-0.05, 0) is 27.2 Å². The van der Waals surface area contributed by atoms with Crippen molar-refractivity contribution in [3.63, 3.8) is 0 Å². The number of hydrogen-bond donors (Lipinski definition) is 2. The molecule has 0 saturated carbocycles. The van der Waals surface area contributed by atoms with Gasteiger partial charge in [-0.15, -0.1) is 0 Å². The van der Waals surface area contributed by atoms with Gasteiger partial charge < -0.3 is 15.4 Å². The minimum Gasteiger partial charge on any atom is -0.444 e. The Morgan fingerprint density at radius 3 is 2.62 bits per heavy atom. The second-order valence-electron chi connectivity index (χ2n) is 4.72. The van der Waals surface area contributed by atoms with Gasteiger partial charge in [-0.3, -0.25) is 4.79 Å². The summed E-state index contributed by atoms with van der Waals surface area (Å²) in [5.41, 5.74) is -0.539. The molecule has 0 aromatic carbocycles. The average molecular weight is 340 g/mol. The molecule has 0 bridgehead atoms. The Morgan fingerprint density at radius 2 is 2.19 bits per heavy atom. The third kappa shape index (κ3) is 3.80. The number of hydrogen-bond acceptors (Lipinski definition) is 3. The fourth-order valence-corrected chi connectivity index (χ4v) is 2.07. The van der Waals surface area contributed by atoms with Crippen LogP contribution in [-0.4, -0.2) is 34.1 Å². The van der Waals surface area contributed by atoms with Crippen LogP contribution in [0.5, 0.6) is 0 Å². The highest BCUT2D eigenvalue weighted by Gasteiger charge is 2.40. The minimum absolute atomic E-state index is 0.0388. The fourth-order valence-electron chi connectivity index (χ4n) is 1.40. The van der Waals surface area contributed by atoms with Crippen molar-refractivity contribution in [1.29, 1.82) is 0 Å². The van der Waals surface area contributed by atoms with Gasteiger partial charge in [0.1, 0.15) is 11.6 Å². The smallest absolute Gasteiger partial charge is 0.408 e. The van der Waals surface area contributed by atoms with Gasteiger partial charge in [0.25, 0.3) is 0 Å². The predicted octanol–water partition coefficient (Wildman–Crippen LogP) is 1.20. The number of β-lactam (4-membered cyclic amide) rings is 1. The van der Waals surface area contributed by atoms with Gasteiger partial charge in [0.05, 0.1) is 6.04 Å². The van der Waals surface area contributed by atoms with Crippen molar-refractivity contribution in [3.8, 4) is 0 Å². The molecule has 0 unspecified atom stereocenters. The molecule has 1 saturated heterocycles. The van der Waals surface area contributed by atoms with Crippen LogP contribution in [0.25, 0.3) is 0 Å². The first kappa shape index (κ1) is 13.5. The van der Waals surface area contributed by atoms with Gasteiger partial charge in [-0.1, -0.05) is 22.6 Å². The van der Waals surface area contributed by atoms with E-state index in [-0.39, 0.29) is 11.9 Å². The number of halogens is 1. The number of rotatable bonds is 3. The highest BCUT2D eigenvalue weighted by atomic mass is 127. The summed E-state index contributed by atoms with van der Waals surface area (Å²) in [4.78, 5) is 22.7. The molecule has 6 heteroatoms. The van der Waals surface area contributed by atoms with E-state index in [0.29, 0.717) is 0 Å². The minimum atomic E-state index is -0.539. The van der Waals surface area contributed by atoms with Crippen LogP contribution in [0.15, 0.2) is 0 Å². The van der Waals surface area contributed by atoms with Crippen molar-refractivity contribution < 1.29 is 14.3 Å². The average Bonchev–Trinajstić information content (AvgIpc) is 2.11. The first-order valence-electron chi connectivity index (χ1n) is 5.19. The van der Waals surface area contributed by atoms with E-state index in [1.54, 1.807) is 20.8 Å². The summed E-state index contributed by atoms with van der Waals surface area (Å²) in [6.45, 7) is 5.36. The monoisotopic (exact) mass is 340 g/mol. The van der Waals surface area contributed by atoms with Crippen molar-refractivity contribution in [3.05, 3.63) is 0 Å². The number of carbonyl (C=O) groups excluding carboxylic acids is 2. The van der Waals surface area contributed by atoms with E-state index in [0.717, 1.165) is 10.8 Å². The highest BCUT2D eigenvalue weighted by molar-refractivity contribution is 14.1. The third-order valence-corrected chi connectivity index (χ3v) is 2.73. The lowest BCUT2D eigenvalue weighted by Crippen LogP contribution is -2.69. The Kier molecular flexibility index (Phi) is 4.40. The quantitative estimate of drug-likeness (QED) is 0.461. The standard InChI is InChI=1S/C10H17IN2O3/c1-10(2,3)16-9(15)13-7-6(4-5-11)12-8(7)14/h6-7H,4-5H2,1-3H3,(H,12,14)(H,13,15)/t6-,7+/m1/s1. The Bertz CT molecular complexity index is 288. The molecule has 1 heterocycles. The molecule has 5 nitrogen and oxygen atoms in total. The van der Waals surface area contributed by atoms with E-state index in [2.05, 4.69) is 33.2 Å². The molecule has 0 spiro atoms. The summed E-state index contributed by atoms with van der Waals surface area (Å²) < 4.78 is 6.03. The molecule has 1 rings (SSSR count). The van der Waals surface area contributed by atoms with Gasteiger partial charge in [0, 0.05) is 4.43 Å². The molecule has 0 aromatic rings. The molecule has 16 heavy (non-hydrogen) atoms. The lowest BCUT2D eigenvalue weighted by Gasteiger charge is -2.37. The van der Waals surface area contributed by atoms with Crippen LogP contribution >= 0.6 is 22.6 Å². The molecule has 92 valence electrons. The van der Waals surface area contributed by atoms with Gasteiger partial charge in [-0.25, -0.2) is 4.79 Å². The SMILES string of the molecule is CC(C)(C)OC(=O)N[C@@H]1C(=O)N[C@@H]1CCI. The lowest BCUT2D eigenvalue weighted by molar-refractivity contribution is -0.131. The summed E-state index contributed by atoms with van der Waals surface area (Å²) >= 11 is 2.24. The predicted molar refractivity (Wildman–Crippen MR) is 68.6 cm³/mol. The highest BCUT2D eigenvalue weighted by Crippen LogP contribution is 2.13. The zero-order chi connectivity index (χ0) is 12.3. The maximum absolute atomic E-state index is 11.4. The van der Waals surface area contributed by atoms with E-state index in [1.165, 1.54) is 0 Å². The van der Waals surface area contributed by atoms with Crippen LogP contribution in [0, 0.1) is 0 Å². The van der Waals surface area contributed by atoms with Crippen molar-refractivity contribution >= 4 is 34.6 Å². The van der Waals surface area contributed by atoms with Crippen molar-refractivity contribution in [1.82, 2.24) is 10.6 Å². The molecule has 2 atom stereocenters. The van der Waals surface area contributed by atoms with Crippen molar-refractivity contribution in [2.75, 3.05) is 4.43 Å². The molecular weight excluding hydrogens is 323 g/mol. The van der Waals surface area contributed by atoms with E-state index >= 15 is 0 Å². The molecule has 1 aliphatic heterocycles. The summed E-state index contributed by atoms with van der Waals surface area (Å²) in [5.74, 6) is -0.138. The number of alkyl carbamates (subject to hydrolysis) is 1. The maximum Gasteiger partial charge on any atom is 0.408 e. The van der Waals surface area contributed by atoms with Crippen molar-refractivity contribution in [2.45, 2.75) is 44.9 Å². The zero-order valence-corrected chi connectivity index (χ0v) is 11.8. The molecule has 2 amide bonds. The normalized spacial score (nSPS) is 24.4. The van der Waals surface area contributed by atoms with Gasteiger partial charge in [0.2, 0.25) is 5.91 Å². The van der Waals surface area contributed by atoms with E-state index in [4.69, 9.17) is 4.74 Å². The topological polar surface area (TPSA) is 67.4 Å². The lowest BCUT2D eigenvalue weighted by atomic mass is 9.97. The van der Waals surface area contributed by atoms with Gasteiger partial charge in [0.15, 0.2) is 0 Å².